The molecule has 0 amide bonds. The Kier molecular flexibility index (Phi) is 9.94. The van der Waals surface area contributed by atoms with Crippen molar-refractivity contribution in [2.24, 2.45) is 5.73 Å². The zero-order chi connectivity index (χ0) is 27.1. The second kappa shape index (κ2) is 12.9. The molecule has 2 heterocycles. The van der Waals surface area contributed by atoms with Crippen molar-refractivity contribution in [3.05, 3.63) is 67.7 Å². The Balaban J connectivity index is 1.81. The minimum absolute atomic E-state index is 0.0452. The monoisotopic (exact) mass is 542 g/mol. The summed E-state index contributed by atoms with van der Waals surface area (Å²) >= 11 is 5.92. The Bertz CT molecular complexity index is 1220. The second-order valence-corrected chi connectivity index (χ2v) is 8.95. The molecule has 1 unspecified atom stereocenters. The summed E-state index contributed by atoms with van der Waals surface area (Å²) in [6.07, 6.45) is -1.73. The smallest absolute Gasteiger partial charge is 0.336 e. The molecule has 2 aromatic rings. The van der Waals surface area contributed by atoms with Crippen molar-refractivity contribution in [2.75, 3.05) is 33.8 Å². The molecule has 0 saturated carbocycles. The average Bonchev–Trinajstić information content (AvgIpc) is 3.26. The van der Waals surface area contributed by atoms with Gasteiger partial charge in [0.1, 0.15) is 18.9 Å². The number of ether oxygens (including phenoxy) is 4. The quantitative estimate of drug-likeness (QED) is 0.392. The van der Waals surface area contributed by atoms with Crippen LogP contribution in [-0.2, 0) is 41.9 Å². The van der Waals surface area contributed by atoms with Gasteiger partial charge in [0.15, 0.2) is 6.73 Å². The maximum atomic E-state index is 14.4. The summed E-state index contributed by atoms with van der Waals surface area (Å²) in [5.41, 5.74) is 3.73. The van der Waals surface area contributed by atoms with E-state index in [9.17, 15) is 23.6 Å². The van der Waals surface area contributed by atoms with E-state index in [0.29, 0.717) is 15.8 Å². The SMILES string of the molecule is CN(C)CC(=O)OC[C@H]1O[C@@H](n2cc(F)c(=O)n(COC(=O)CN)c2=O)CC1OCc1ccc(Cl)cc1. The van der Waals surface area contributed by atoms with E-state index in [4.69, 9.17) is 36.3 Å². The van der Waals surface area contributed by atoms with Gasteiger partial charge < -0.3 is 24.7 Å². The number of nitrogens with zero attached hydrogens (tertiary/aromatic N) is 3. The van der Waals surface area contributed by atoms with E-state index >= 15 is 0 Å². The maximum Gasteiger partial charge on any atom is 0.336 e. The fourth-order valence-electron chi connectivity index (χ4n) is 3.56. The van der Waals surface area contributed by atoms with Gasteiger partial charge >= 0.3 is 17.6 Å². The van der Waals surface area contributed by atoms with E-state index in [1.54, 1.807) is 43.3 Å². The Hall–Kier alpha value is -3.10. The van der Waals surface area contributed by atoms with E-state index in [-0.39, 0.29) is 26.2 Å². The zero-order valence-electron chi connectivity index (χ0n) is 20.3. The number of halogens is 2. The maximum absolute atomic E-state index is 14.4. The van der Waals surface area contributed by atoms with Gasteiger partial charge in [-0.15, -0.1) is 0 Å². The summed E-state index contributed by atoms with van der Waals surface area (Å²) < 4.78 is 37.6. The van der Waals surface area contributed by atoms with E-state index in [1.165, 1.54) is 0 Å². The fourth-order valence-corrected chi connectivity index (χ4v) is 3.69. The molecule has 1 aliphatic heterocycles. The minimum Gasteiger partial charge on any atom is -0.462 e. The first-order valence-electron chi connectivity index (χ1n) is 11.3. The van der Waals surface area contributed by atoms with Gasteiger partial charge in [0, 0.05) is 11.4 Å². The third kappa shape index (κ3) is 7.69. The van der Waals surface area contributed by atoms with Crippen LogP contribution in [0, 0.1) is 5.82 Å². The number of likely N-dealkylation sites (N-methyl/N-ethyl adjacent to an activating group) is 1. The van der Waals surface area contributed by atoms with Crippen LogP contribution in [0.3, 0.4) is 0 Å². The first-order valence-corrected chi connectivity index (χ1v) is 11.7. The Morgan fingerprint density at radius 1 is 1.19 bits per heavy atom. The van der Waals surface area contributed by atoms with Crippen molar-refractivity contribution in [2.45, 2.75) is 38.2 Å². The number of carbonyl (C=O) groups excluding carboxylic acids is 2. The van der Waals surface area contributed by atoms with Gasteiger partial charge in [-0.3, -0.25) is 23.9 Å². The summed E-state index contributed by atoms with van der Waals surface area (Å²) in [4.78, 5) is 50.2. The van der Waals surface area contributed by atoms with Gasteiger partial charge in [0.25, 0.3) is 5.56 Å². The van der Waals surface area contributed by atoms with Crippen LogP contribution in [0.4, 0.5) is 4.39 Å². The fraction of sp³-hybridized carbons (Fsp3) is 0.478. The summed E-state index contributed by atoms with van der Waals surface area (Å²) in [6, 6.07) is 6.97. The normalized spacial score (nSPS) is 19.2. The Labute approximate surface area is 216 Å². The lowest BCUT2D eigenvalue weighted by Crippen LogP contribution is -2.43. The highest BCUT2D eigenvalue weighted by Crippen LogP contribution is 2.31. The van der Waals surface area contributed by atoms with Gasteiger partial charge in [-0.1, -0.05) is 23.7 Å². The number of hydrogen-bond donors (Lipinski definition) is 1. The van der Waals surface area contributed by atoms with Crippen LogP contribution in [-0.4, -0.2) is 72.0 Å². The van der Waals surface area contributed by atoms with Crippen molar-refractivity contribution < 1.29 is 32.9 Å². The van der Waals surface area contributed by atoms with Gasteiger partial charge in [0.05, 0.1) is 32.0 Å². The number of aromatic nitrogens is 2. The number of benzene rings is 1. The number of rotatable bonds is 11. The summed E-state index contributed by atoms with van der Waals surface area (Å²) in [7, 11) is 3.42. The molecule has 0 aliphatic carbocycles. The molecule has 1 aromatic heterocycles. The van der Waals surface area contributed by atoms with Gasteiger partial charge in [-0.05, 0) is 31.8 Å². The van der Waals surface area contributed by atoms with Crippen molar-refractivity contribution >= 4 is 23.5 Å². The zero-order valence-corrected chi connectivity index (χ0v) is 21.1. The molecule has 3 rings (SSSR count). The highest BCUT2D eigenvalue weighted by molar-refractivity contribution is 6.30. The molecule has 2 N–H and O–H groups in total. The molecule has 1 aromatic carbocycles. The molecule has 1 aliphatic rings. The van der Waals surface area contributed by atoms with Crippen LogP contribution in [0.15, 0.2) is 40.1 Å². The molecule has 0 spiro atoms. The standard InChI is InChI=1S/C23H28ClFN4O8/c1-27(2)10-21(31)35-12-18-17(34-11-14-3-5-15(24)6-4-14)7-19(37-18)28-9-16(25)22(32)29(23(28)33)13-36-20(30)8-26/h3-6,9,17-19H,7-8,10-13,26H2,1-2H3/t17?,18-,19-/m1/s1. The average molecular weight is 543 g/mol. The summed E-state index contributed by atoms with van der Waals surface area (Å²) in [5, 5.41) is 0.562. The van der Waals surface area contributed by atoms with Crippen LogP contribution in [0.1, 0.15) is 18.2 Å². The van der Waals surface area contributed by atoms with E-state index in [0.717, 1.165) is 10.1 Å². The molecule has 12 nitrogen and oxygen atoms in total. The molecule has 14 heteroatoms. The molecular formula is C23H28ClFN4O8. The summed E-state index contributed by atoms with van der Waals surface area (Å²) in [6.45, 7) is -1.27. The Morgan fingerprint density at radius 2 is 1.89 bits per heavy atom. The first-order chi connectivity index (χ1) is 17.6. The van der Waals surface area contributed by atoms with Gasteiger partial charge in [-0.2, -0.15) is 4.39 Å². The molecule has 0 radical (unpaired) electrons. The molecule has 3 atom stereocenters. The first kappa shape index (κ1) is 28.5. The van der Waals surface area contributed by atoms with Crippen LogP contribution in [0.2, 0.25) is 5.02 Å². The van der Waals surface area contributed by atoms with Crippen molar-refractivity contribution in [1.82, 2.24) is 14.0 Å². The second-order valence-electron chi connectivity index (χ2n) is 8.51. The largest absolute Gasteiger partial charge is 0.462 e. The predicted molar refractivity (Wildman–Crippen MR) is 128 cm³/mol. The van der Waals surface area contributed by atoms with Crippen LogP contribution < -0.4 is 17.0 Å². The highest BCUT2D eigenvalue weighted by atomic mass is 35.5. The molecule has 202 valence electrons. The van der Waals surface area contributed by atoms with Crippen molar-refractivity contribution in [3.63, 3.8) is 0 Å². The molecule has 0 bridgehead atoms. The van der Waals surface area contributed by atoms with Gasteiger partial charge in [0.2, 0.25) is 5.82 Å². The third-order valence-electron chi connectivity index (χ3n) is 5.40. The van der Waals surface area contributed by atoms with Gasteiger partial charge in [-0.25, -0.2) is 9.36 Å². The lowest BCUT2D eigenvalue weighted by atomic mass is 10.1. The molecule has 1 fully saturated rings. The number of hydrogen-bond acceptors (Lipinski definition) is 10. The van der Waals surface area contributed by atoms with Crippen LogP contribution in [0.5, 0.6) is 0 Å². The van der Waals surface area contributed by atoms with Crippen molar-refractivity contribution in [3.8, 4) is 0 Å². The molecule has 37 heavy (non-hydrogen) atoms. The van der Waals surface area contributed by atoms with Crippen LogP contribution >= 0.6 is 11.6 Å². The lowest BCUT2D eigenvalue weighted by Gasteiger charge is -2.20. The molecule has 1 saturated heterocycles. The number of carbonyl (C=O) groups is 2. The highest BCUT2D eigenvalue weighted by Gasteiger charge is 2.39. The van der Waals surface area contributed by atoms with E-state index in [1.807, 2.05) is 0 Å². The summed E-state index contributed by atoms with van der Waals surface area (Å²) in [5.74, 6) is -2.63. The predicted octanol–water partition coefficient (Wildman–Crippen LogP) is 0.240. The van der Waals surface area contributed by atoms with Crippen LogP contribution in [0.25, 0.3) is 0 Å². The van der Waals surface area contributed by atoms with Crippen molar-refractivity contribution in [1.29, 1.82) is 0 Å². The van der Waals surface area contributed by atoms with E-state index in [2.05, 4.69) is 0 Å². The number of nitrogens with two attached hydrogens (primary N) is 1. The minimum atomic E-state index is -1.27. The topological polar surface area (TPSA) is 144 Å². The third-order valence-corrected chi connectivity index (χ3v) is 5.65. The Morgan fingerprint density at radius 3 is 2.54 bits per heavy atom. The molecular weight excluding hydrogens is 515 g/mol. The number of esters is 2. The lowest BCUT2D eigenvalue weighted by molar-refractivity contribution is -0.152. The van der Waals surface area contributed by atoms with E-state index < -0.39 is 60.7 Å².